The Morgan fingerprint density at radius 2 is 1.82 bits per heavy atom. The summed E-state index contributed by atoms with van der Waals surface area (Å²) in [7, 11) is 1.65. The normalized spacial score (nSPS) is 15.0. The molecule has 0 saturated heterocycles. The topological polar surface area (TPSA) is 86.1 Å². The number of hydrogen-bond acceptors (Lipinski definition) is 6. The van der Waals surface area contributed by atoms with Gasteiger partial charge in [0.25, 0.3) is 0 Å². The van der Waals surface area contributed by atoms with Crippen molar-refractivity contribution >= 4 is 29.1 Å². The van der Waals surface area contributed by atoms with Gasteiger partial charge in [0.05, 0.1) is 12.4 Å². The zero-order chi connectivity index (χ0) is 24.1. The molecule has 1 aliphatic carbocycles. The van der Waals surface area contributed by atoms with Gasteiger partial charge in [0.15, 0.2) is 16.8 Å². The van der Waals surface area contributed by atoms with Crippen LogP contribution in [0, 0.1) is 0 Å². The van der Waals surface area contributed by atoms with Crippen LogP contribution in [0.5, 0.6) is 5.75 Å². The highest BCUT2D eigenvalue weighted by molar-refractivity contribution is 8.00. The van der Waals surface area contributed by atoms with Gasteiger partial charge in [-0.3, -0.25) is 14.2 Å². The van der Waals surface area contributed by atoms with E-state index in [0.717, 1.165) is 35.1 Å². The molecule has 3 aromatic rings. The Morgan fingerprint density at radius 3 is 2.50 bits per heavy atom. The first-order valence-electron chi connectivity index (χ1n) is 11.6. The largest absolute Gasteiger partial charge is 0.497 e. The second-order valence-corrected chi connectivity index (χ2v) is 9.89. The number of aromatic nitrogens is 3. The summed E-state index contributed by atoms with van der Waals surface area (Å²) in [6.07, 6.45) is 5.76. The van der Waals surface area contributed by atoms with Crippen molar-refractivity contribution in [2.45, 2.75) is 62.4 Å². The Labute approximate surface area is 204 Å². The molecule has 1 saturated carbocycles. The summed E-state index contributed by atoms with van der Waals surface area (Å²) in [6, 6.07) is 15.1. The van der Waals surface area contributed by atoms with E-state index >= 15 is 0 Å². The predicted molar refractivity (Wildman–Crippen MR) is 135 cm³/mol. The Kier molecular flexibility index (Phi) is 7.67. The fourth-order valence-electron chi connectivity index (χ4n) is 4.23. The van der Waals surface area contributed by atoms with E-state index in [0.29, 0.717) is 17.3 Å². The maximum absolute atomic E-state index is 12.9. The van der Waals surface area contributed by atoms with E-state index in [1.807, 2.05) is 31.2 Å². The zero-order valence-electron chi connectivity index (χ0n) is 19.8. The van der Waals surface area contributed by atoms with Crippen molar-refractivity contribution in [1.29, 1.82) is 0 Å². The number of hydrogen-bond donors (Lipinski definition) is 1. The van der Waals surface area contributed by atoms with Gasteiger partial charge in [-0.2, -0.15) is 0 Å². The molecule has 0 spiro atoms. The van der Waals surface area contributed by atoms with E-state index in [2.05, 4.69) is 20.1 Å². The smallest absolute Gasteiger partial charge is 0.237 e. The molecule has 1 unspecified atom stereocenters. The highest BCUT2D eigenvalue weighted by Gasteiger charge is 2.26. The van der Waals surface area contributed by atoms with Gasteiger partial charge in [0.2, 0.25) is 5.91 Å². The van der Waals surface area contributed by atoms with Crippen molar-refractivity contribution in [3.8, 4) is 17.1 Å². The van der Waals surface area contributed by atoms with E-state index in [1.54, 1.807) is 31.4 Å². The number of anilines is 1. The predicted octanol–water partition coefficient (Wildman–Crippen LogP) is 5.78. The minimum Gasteiger partial charge on any atom is -0.497 e. The number of rotatable bonds is 8. The molecular formula is C26H30N4O3S. The van der Waals surface area contributed by atoms with Gasteiger partial charge < -0.3 is 10.1 Å². The van der Waals surface area contributed by atoms with Crippen molar-refractivity contribution in [3.63, 3.8) is 0 Å². The molecule has 0 bridgehead atoms. The number of methoxy groups -OCH3 is 1. The van der Waals surface area contributed by atoms with Crippen LogP contribution in [-0.2, 0) is 4.79 Å². The SMILES string of the molecule is COc1ccc(-c2nnc(SC(C)C(=O)Nc3cccc(C(C)=O)c3)n2C2CCCCC2)cc1. The molecule has 1 aromatic heterocycles. The number of ether oxygens (including phenoxy) is 1. The molecule has 8 heteroatoms. The average Bonchev–Trinajstić information content (AvgIpc) is 3.28. The number of amides is 1. The number of Topliss-reactive ketones (excluding diaryl/α,β-unsaturated/α-hetero) is 1. The fourth-order valence-corrected chi connectivity index (χ4v) is 5.15. The quantitative estimate of drug-likeness (QED) is 0.326. The Hall–Kier alpha value is -3.13. The molecule has 1 fully saturated rings. The van der Waals surface area contributed by atoms with Gasteiger partial charge in [-0.25, -0.2) is 0 Å². The minimum atomic E-state index is -0.392. The second kappa shape index (κ2) is 10.9. The summed E-state index contributed by atoms with van der Waals surface area (Å²) in [4.78, 5) is 24.6. The summed E-state index contributed by atoms with van der Waals surface area (Å²) in [6.45, 7) is 3.37. The molecule has 1 N–H and O–H groups in total. The molecular weight excluding hydrogens is 448 g/mol. The van der Waals surface area contributed by atoms with E-state index in [1.165, 1.54) is 37.9 Å². The van der Waals surface area contributed by atoms with Crippen LogP contribution in [0.25, 0.3) is 11.4 Å². The number of ketones is 1. The molecule has 1 aliphatic rings. The molecule has 1 heterocycles. The highest BCUT2D eigenvalue weighted by atomic mass is 32.2. The monoisotopic (exact) mass is 478 g/mol. The molecule has 4 rings (SSSR count). The third-order valence-electron chi connectivity index (χ3n) is 6.14. The summed E-state index contributed by atoms with van der Waals surface area (Å²) in [5, 5.41) is 12.3. The van der Waals surface area contributed by atoms with Crippen LogP contribution in [0.1, 0.15) is 62.4 Å². The number of thioether (sulfide) groups is 1. The first-order chi connectivity index (χ1) is 16.5. The van der Waals surface area contributed by atoms with E-state index in [-0.39, 0.29) is 11.7 Å². The number of carbonyl (C=O) groups is 2. The van der Waals surface area contributed by atoms with Gasteiger partial charge >= 0.3 is 0 Å². The molecule has 0 aliphatic heterocycles. The zero-order valence-corrected chi connectivity index (χ0v) is 20.6. The molecule has 1 atom stereocenters. The maximum Gasteiger partial charge on any atom is 0.237 e. The van der Waals surface area contributed by atoms with Crippen LogP contribution in [0.2, 0.25) is 0 Å². The maximum atomic E-state index is 12.9. The summed E-state index contributed by atoms with van der Waals surface area (Å²) >= 11 is 1.41. The Balaban J connectivity index is 1.56. The van der Waals surface area contributed by atoms with Crippen molar-refractivity contribution in [3.05, 3.63) is 54.1 Å². The third-order valence-corrected chi connectivity index (χ3v) is 7.20. The summed E-state index contributed by atoms with van der Waals surface area (Å²) < 4.78 is 7.51. The van der Waals surface area contributed by atoms with Gasteiger partial charge in [0.1, 0.15) is 5.75 Å². The van der Waals surface area contributed by atoms with E-state index < -0.39 is 5.25 Å². The number of benzene rings is 2. The molecule has 1 amide bonds. The molecule has 34 heavy (non-hydrogen) atoms. The van der Waals surface area contributed by atoms with Gasteiger partial charge in [0, 0.05) is 22.9 Å². The second-order valence-electron chi connectivity index (χ2n) is 8.58. The molecule has 7 nitrogen and oxygen atoms in total. The van der Waals surface area contributed by atoms with Crippen molar-refractivity contribution < 1.29 is 14.3 Å². The third kappa shape index (κ3) is 5.50. The van der Waals surface area contributed by atoms with E-state index in [4.69, 9.17) is 4.74 Å². The van der Waals surface area contributed by atoms with Crippen LogP contribution in [0.4, 0.5) is 5.69 Å². The lowest BCUT2D eigenvalue weighted by atomic mass is 9.95. The van der Waals surface area contributed by atoms with Crippen molar-refractivity contribution in [2.24, 2.45) is 0 Å². The lowest BCUT2D eigenvalue weighted by molar-refractivity contribution is -0.115. The summed E-state index contributed by atoms with van der Waals surface area (Å²) in [5.74, 6) is 1.43. The standard InChI is InChI=1S/C26H30N4O3S/c1-17(31)20-8-7-9-21(16-20)27-25(32)18(2)34-26-29-28-24(19-12-14-23(33-3)15-13-19)30(26)22-10-5-4-6-11-22/h7-9,12-16,18,22H,4-6,10-11H2,1-3H3,(H,27,32). The van der Waals surface area contributed by atoms with Crippen molar-refractivity contribution in [2.75, 3.05) is 12.4 Å². The summed E-state index contributed by atoms with van der Waals surface area (Å²) in [5.41, 5.74) is 2.15. The van der Waals surface area contributed by atoms with Crippen LogP contribution in [0.15, 0.2) is 53.7 Å². The fraction of sp³-hybridized carbons (Fsp3) is 0.385. The van der Waals surface area contributed by atoms with E-state index in [9.17, 15) is 9.59 Å². The lowest BCUT2D eigenvalue weighted by Crippen LogP contribution is -2.23. The van der Waals surface area contributed by atoms with Gasteiger partial charge in [-0.15, -0.1) is 10.2 Å². The molecule has 2 aromatic carbocycles. The van der Waals surface area contributed by atoms with Crippen LogP contribution in [-0.4, -0.2) is 38.8 Å². The molecule has 178 valence electrons. The van der Waals surface area contributed by atoms with Crippen molar-refractivity contribution in [1.82, 2.24) is 14.8 Å². The molecule has 0 radical (unpaired) electrons. The van der Waals surface area contributed by atoms with Crippen LogP contribution in [0.3, 0.4) is 0 Å². The minimum absolute atomic E-state index is 0.0369. The van der Waals surface area contributed by atoms with Crippen LogP contribution < -0.4 is 10.1 Å². The van der Waals surface area contributed by atoms with Gasteiger partial charge in [-0.1, -0.05) is 43.2 Å². The average molecular weight is 479 g/mol. The lowest BCUT2D eigenvalue weighted by Gasteiger charge is -2.26. The number of carbonyl (C=O) groups excluding carboxylic acids is 2. The Morgan fingerprint density at radius 1 is 1.09 bits per heavy atom. The number of nitrogens with zero attached hydrogens (tertiary/aromatic N) is 3. The first-order valence-corrected chi connectivity index (χ1v) is 12.5. The first kappa shape index (κ1) is 24.0. The van der Waals surface area contributed by atoms with Crippen LogP contribution >= 0.6 is 11.8 Å². The number of nitrogens with one attached hydrogen (secondary N) is 1. The highest BCUT2D eigenvalue weighted by Crippen LogP contribution is 2.37. The van der Waals surface area contributed by atoms with Gasteiger partial charge in [-0.05, 0) is 63.1 Å². The Bertz CT molecular complexity index is 1150.